The number of rotatable bonds is 2. The fourth-order valence-corrected chi connectivity index (χ4v) is 0.926. The van der Waals surface area contributed by atoms with E-state index in [4.69, 9.17) is 6.57 Å². The Bertz CT molecular complexity index is 319. The molecular weight excluding hydrogens is 150 g/mol. The summed E-state index contributed by atoms with van der Waals surface area (Å²) in [6.45, 7) is 8.53. The molecule has 0 saturated carbocycles. The molecule has 0 fully saturated rings. The molecule has 0 atom stereocenters. The summed E-state index contributed by atoms with van der Waals surface area (Å²) in [7, 11) is 0. The highest BCUT2D eigenvalue weighted by Gasteiger charge is 2.00. The van der Waals surface area contributed by atoms with Crippen molar-refractivity contribution < 1.29 is 4.79 Å². The lowest BCUT2D eigenvalue weighted by molar-refractivity contribution is 0.0988. The minimum atomic E-state index is 0.117. The first-order valence-electron chi connectivity index (χ1n) is 3.78. The van der Waals surface area contributed by atoms with Gasteiger partial charge in [0.1, 0.15) is 0 Å². The highest BCUT2D eigenvalue weighted by molar-refractivity contribution is 5.96. The number of hydrogen-bond acceptors (Lipinski definition) is 1. The number of carbonyl (C=O) groups excluding carboxylic acids is 1. The van der Waals surface area contributed by atoms with Gasteiger partial charge in [-0.2, -0.15) is 0 Å². The van der Waals surface area contributed by atoms with E-state index in [1.807, 2.05) is 6.92 Å². The molecule has 0 aliphatic rings. The van der Waals surface area contributed by atoms with E-state index >= 15 is 0 Å². The summed E-state index contributed by atoms with van der Waals surface area (Å²) in [6.07, 6.45) is 0.511. The van der Waals surface area contributed by atoms with Gasteiger partial charge in [0.25, 0.3) is 0 Å². The molecule has 12 heavy (non-hydrogen) atoms. The Balaban J connectivity index is 2.94. The predicted molar refractivity (Wildman–Crippen MR) is 47.3 cm³/mol. The molecule has 1 aromatic rings. The molecular formula is C10H9NO. The molecule has 0 heterocycles. The van der Waals surface area contributed by atoms with Gasteiger partial charge in [-0.3, -0.25) is 4.79 Å². The molecule has 2 heteroatoms. The summed E-state index contributed by atoms with van der Waals surface area (Å²) in [5.74, 6) is 0.117. The standard InChI is InChI=1S/C10H9NO/c1-3-10(12)8-4-6-9(11-2)7-5-8/h4-7H,3H2,1H3. The number of hydrogen-bond donors (Lipinski definition) is 0. The van der Waals surface area contributed by atoms with Crippen molar-refractivity contribution in [1.82, 2.24) is 0 Å². The fraction of sp³-hybridized carbons (Fsp3) is 0.200. The maximum absolute atomic E-state index is 11.1. The first-order chi connectivity index (χ1) is 5.77. The van der Waals surface area contributed by atoms with Gasteiger partial charge in [-0.15, -0.1) is 0 Å². The van der Waals surface area contributed by atoms with Crippen LogP contribution in [0.15, 0.2) is 24.3 Å². The average molecular weight is 159 g/mol. The van der Waals surface area contributed by atoms with E-state index in [1.165, 1.54) is 0 Å². The van der Waals surface area contributed by atoms with E-state index in [2.05, 4.69) is 4.85 Å². The Morgan fingerprint density at radius 2 is 2.00 bits per heavy atom. The molecule has 1 aromatic carbocycles. The van der Waals surface area contributed by atoms with Crippen molar-refractivity contribution in [3.8, 4) is 0 Å². The zero-order valence-electron chi connectivity index (χ0n) is 6.87. The van der Waals surface area contributed by atoms with Crippen LogP contribution < -0.4 is 0 Å². The van der Waals surface area contributed by atoms with E-state index in [0.29, 0.717) is 17.7 Å². The predicted octanol–water partition coefficient (Wildman–Crippen LogP) is 2.83. The molecule has 0 radical (unpaired) electrons. The van der Waals surface area contributed by atoms with Crippen molar-refractivity contribution in [2.75, 3.05) is 0 Å². The van der Waals surface area contributed by atoms with Crippen molar-refractivity contribution in [2.45, 2.75) is 13.3 Å². The molecule has 60 valence electrons. The van der Waals surface area contributed by atoms with Crippen LogP contribution in [0.3, 0.4) is 0 Å². The van der Waals surface area contributed by atoms with Crippen LogP contribution in [-0.2, 0) is 0 Å². The summed E-state index contributed by atoms with van der Waals surface area (Å²) in [6, 6.07) is 6.71. The summed E-state index contributed by atoms with van der Waals surface area (Å²) in [4.78, 5) is 14.4. The zero-order chi connectivity index (χ0) is 8.97. The lowest BCUT2D eigenvalue weighted by Crippen LogP contribution is -1.94. The van der Waals surface area contributed by atoms with Crippen LogP contribution in [0, 0.1) is 6.57 Å². The Morgan fingerprint density at radius 3 is 2.42 bits per heavy atom. The highest BCUT2D eigenvalue weighted by atomic mass is 16.1. The molecule has 0 aliphatic heterocycles. The lowest BCUT2D eigenvalue weighted by atomic mass is 10.1. The minimum Gasteiger partial charge on any atom is -0.294 e. The minimum absolute atomic E-state index is 0.117. The van der Waals surface area contributed by atoms with E-state index in [-0.39, 0.29) is 5.78 Å². The third kappa shape index (κ3) is 1.70. The van der Waals surface area contributed by atoms with Crippen molar-refractivity contribution >= 4 is 11.5 Å². The maximum Gasteiger partial charge on any atom is 0.187 e. The first kappa shape index (κ1) is 8.48. The monoisotopic (exact) mass is 159 g/mol. The SMILES string of the molecule is [C-]#[N+]c1ccc(C(=O)CC)cc1. The Labute approximate surface area is 71.7 Å². The molecule has 2 nitrogen and oxygen atoms in total. The normalized spacial score (nSPS) is 9.00. The fourth-order valence-electron chi connectivity index (χ4n) is 0.926. The molecule has 0 saturated heterocycles. The molecule has 0 spiro atoms. The van der Waals surface area contributed by atoms with E-state index in [9.17, 15) is 4.79 Å². The summed E-state index contributed by atoms with van der Waals surface area (Å²) in [5, 5.41) is 0. The van der Waals surface area contributed by atoms with Crippen molar-refractivity contribution in [1.29, 1.82) is 0 Å². The molecule has 0 aromatic heterocycles. The van der Waals surface area contributed by atoms with Gasteiger partial charge in [0, 0.05) is 12.0 Å². The second-order valence-corrected chi connectivity index (χ2v) is 2.44. The van der Waals surface area contributed by atoms with E-state index in [0.717, 1.165) is 0 Å². The second kappa shape index (κ2) is 3.68. The zero-order valence-corrected chi connectivity index (χ0v) is 6.87. The Hall–Kier alpha value is -1.62. The largest absolute Gasteiger partial charge is 0.294 e. The quantitative estimate of drug-likeness (QED) is 0.480. The molecule has 0 N–H and O–H groups in total. The first-order valence-corrected chi connectivity index (χ1v) is 3.78. The topological polar surface area (TPSA) is 21.4 Å². The molecule has 1 rings (SSSR count). The van der Waals surface area contributed by atoms with Crippen LogP contribution in [0.5, 0.6) is 0 Å². The van der Waals surface area contributed by atoms with Gasteiger partial charge < -0.3 is 0 Å². The smallest absolute Gasteiger partial charge is 0.187 e. The molecule has 0 unspecified atom stereocenters. The molecule has 0 aliphatic carbocycles. The lowest BCUT2D eigenvalue weighted by Gasteiger charge is -1.95. The van der Waals surface area contributed by atoms with Gasteiger partial charge in [-0.25, -0.2) is 4.85 Å². The molecule has 0 bridgehead atoms. The van der Waals surface area contributed by atoms with Gasteiger partial charge in [0.15, 0.2) is 11.5 Å². The van der Waals surface area contributed by atoms with Crippen LogP contribution in [0.2, 0.25) is 0 Å². The van der Waals surface area contributed by atoms with Crippen molar-refractivity contribution in [3.63, 3.8) is 0 Å². The average Bonchev–Trinajstić information content (AvgIpc) is 2.17. The van der Waals surface area contributed by atoms with Crippen LogP contribution in [-0.4, -0.2) is 5.78 Å². The van der Waals surface area contributed by atoms with E-state index < -0.39 is 0 Å². The van der Waals surface area contributed by atoms with Crippen molar-refractivity contribution in [2.24, 2.45) is 0 Å². The van der Waals surface area contributed by atoms with Crippen LogP contribution in [0.25, 0.3) is 4.85 Å². The van der Waals surface area contributed by atoms with E-state index in [1.54, 1.807) is 24.3 Å². The van der Waals surface area contributed by atoms with Gasteiger partial charge in [0.2, 0.25) is 0 Å². The Morgan fingerprint density at radius 1 is 1.42 bits per heavy atom. The number of nitrogens with zero attached hydrogens (tertiary/aromatic N) is 1. The summed E-state index contributed by atoms with van der Waals surface area (Å²) in [5.41, 5.74) is 1.26. The number of benzene rings is 1. The van der Waals surface area contributed by atoms with Gasteiger partial charge in [-0.1, -0.05) is 31.2 Å². The van der Waals surface area contributed by atoms with Crippen LogP contribution in [0.4, 0.5) is 5.69 Å². The van der Waals surface area contributed by atoms with Gasteiger partial charge >= 0.3 is 0 Å². The number of Topliss-reactive ketones (excluding diaryl/α,β-unsaturated/α-hetero) is 1. The second-order valence-electron chi connectivity index (χ2n) is 2.44. The van der Waals surface area contributed by atoms with Crippen LogP contribution >= 0.6 is 0 Å². The van der Waals surface area contributed by atoms with Crippen LogP contribution in [0.1, 0.15) is 23.7 Å². The third-order valence-electron chi connectivity index (χ3n) is 1.64. The van der Waals surface area contributed by atoms with Gasteiger partial charge in [0.05, 0.1) is 6.57 Å². The van der Waals surface area contributed by atoms with Crippen molar-refractivity contribution in [3.05, 3.63) is 41.2 Å². The summed E-state index contributed by atoms with van der Waals surface area (Å²) < 4.78 is 0. The molecule has 0 amide bonds. The summed E-state index contributed by atoms with van der Waals surface area (Å²) >= 11 is 0. The Kier molecular flexibility index (Phi) is 2.60. The highest BCUT2D eigenvalue weighted by Crippen LogP contribution is 2.13. The number of ketones is 1. The number of carbonyl (C=O) groups is 1. The third-order valence-corrected chi connectivity index (χ3v) is 1.64. The maximum atomic E-state index is 11.1. The van der Waals surface area contributed by atoms with Gasteiger partial charge in [-0.05, 0) is 0 Å².